The summed E-state index contributed by atoms with van der Waals surface area (Å²) in [7, 11) is 0. The molecule has 0 bridgehead atoms. The maximum atomic E-state index is 6.69. The second-order valence-corrected chi connectivity index (χ2v) is 8.98. The van der Waals surface area contributed by atoms with Gasteiger partial charge in [0.2, 0.25) is 0 Å². The van der Waals surface area contributed by atoms with Gasteiger partial charge in [-0.25, -0.2) is 4.98 Å². The molecule has 1 fully saturated rings. The third-order valence-corrected chi connectivity index (χ3v) is 6.94. The SMILES string of the molecule is Clc1cc2[nH]c(-c3ccc(N4CCOCC4)nc3)cc2cc1-c1cncc2sccc12. The number of hydrogen-bond acceptors (Lipinski definition) is 5. The molecular formula is C24H19ClN4OS. The first-order valence-electron chi connectivity index (χ1n) is 10.2. The summed E-state index contributed by atoms with van der Waals surface area (Å²) >= 11 is 8.38. The number of nitrogens with zero attached hydrogens (tertiary/aromatic N) is 3. The zero-order valence-electron chi connectivity index (χ0n) is 16.6. The van der Waals surface area contributed by atoms with E-state index in [2.05, 4.69) is 55.6 Å². The number of ether oxygens (including phenoxy) is 1. The third kappa shape index (κ3) is 3.37. The summed E-state index contributed by atoms with van der Waals surface area (Å²) in [5.41, 5.74) is 5.14. The van der Waals surface area contributed by atoms with E-state index in [9.17, 15) is 0 Å². The Kier molecular flexibility index (Phi) is 4.64. The molecule has 0 aliphatic carbocycles. The number of rotatable bonds is 3. The predicted molar refractivity (Wildman–Crippen MR) is 128 cm³/mol. The lowest BCUT2D eigenvalue weighted by Crippen LogP contribution is -2.36. The minimum atomic E-state index is 0.710. The highest BCUT2D eigenvalue weighted by Gasteiger charge is 2.14. The molecule has 0 amide bonds. The Morgan fingerprint density at radius 1 is 1.00 bits per heavy atom. The van der Waals surface area contributed by atoms with Gasteiger partial charge in [0.15, 0.2) is 0 Å². The minimum absolute atomic E-state index is 0.710. The van der Waals surface area contributed by atoms with Gasteiger partial charge < -0.3 is 14.6 Å². The van der Waals surface area contributed by atoms with E-state index in [-0.39, 0.29) is 0 Å². The molecule has 5 heterocycles. The van der Waals surface area contributed by atoms with Gasteiger partial charge in [0, 0.05) is 70.4 Å². The van der Waals surface area contributed by atoms with E-state index in [0.717, 1.165) is 70.1 Å². The molecule has 7 heteroatoms. The average Bonchev–Trinajstić information content (AvgIpc) is 3.46. The van der Waals surface area contributed by atoms with Crippen molar-refractivity contribution >= 4 is 49.7 Å². The van der Waals surface area contributed by atoms with Crippen LogP contribution in [0.3, 0.4) is 0 Å². The van der Waals surface area contributed by atoms with Crippen LogP contribution in [0.5, 0.6) is 0 Å². The van der Waals surface area contributed by atoms with Gasteiger partial charge in [0.25, 0.3) is 0 Å². The lowest BCUT2D eigenvalue weighted by atomic mass is 10.0. The summed E-state index contributed by atoms with van der Waals surface area (Å²) in [6.07, 6.45) is 5.72. The number of hydrogen-bond donors (Lipinski definition) is 1. The molecule has 31 heavy (non-hydrogen) atoms. The number of nitrogens with one attached hydrogen (secondary N) is 1. The molecule has 4 aromatic heterocycles. The van der Waals surface area contributed by atoms with Gasteiger partial charge in [-0.3, -0.25) is 4.98 Å². The molecular weight excluding hydrogens is 428 g/mol. The number of morpholine rings is 1. The highest BCUT2D eigenvalue weighted by atomic mass is 35.5. The Labute approximate surface area is 188 Å². The fourth-order valence-corrected chi connectivity index (χ4v) is 5.19. The molecule has 5 aromatic rings. The first-order chi connectivity index (χ1) is 15.3. The Morgan fingerprint density at radius 3 is 2.74 bits per heavy atom. The number of anilines is 1. The first kappa shape index (κ1) is 18.8. The van der Waals surface area contributed by atoms with Crippen LogP contribution in [0, 0.1) is 0 Å². The molecule has 0 atom stereocenters. The van der Waals surface area contributed by atoms with E-state index in [1.54, 1.807) is 11.3 Å². The molecule has 5 nitrogen and oxygen atoms in total. The summed E-state index contributed by atoms with van der Waals surface area (Å²) in [5.74, 6) is 0.991. The van der Waals surface area contributed by atoms with Crippen molar-refractivity contribution in [1.29, 1.82) is 0 Å². The topological polar surface area (TPSA) is 54.0 Å². The van der Waals surface area contributed by atoms with Crippen molar-refractivity contribution < 1.29 is 4.74 Å². The molecule has 1 aliphatic rings. The van der Waals surface area contributed by atoms with Gasteiger partial charge in [-0.05, 0) is 41.8 Å². The fraction of sp³-hybridized carbons (Fsp3) is 0.167. The van der Waals surface area contributed by atoms with Crippen LogP contribution in [0.1, 0.15) is 0 Å². The lowest BCUT2D eigenvalue weighted by Gasteiger charge is -2.27. The van der Waals surface area contributed by atoms with E-state index in [0.29, 0.717) is 5.02 Å². The van der Waals surface area contributed by atoms with Crippen LogP contribution in [0.4, 0.5) is 5.82 Å². The average molecular weight is 447 g/mol. The quantitative estimate of drug-likeness (QED) is 0.369. The monoisotopic (exact) mass is 446 g/mol. The van der Waals surface area contributed by atoms with Gasteiger partial charge in [0.1, 0.15) is 5.82 Å². The van der Waals surface area contributed by atoms with Crippen molar-refractivity contribution in [3.8, 4) is 22.4 Å². The van der Waals surface area contributed by atoms with Gasteiger partial charge in [0.05, 0.1) is 22.9 Å². The second kappa shape index (κ2) is 7.64. The molecule has 1 saturated heterocycles. The molecule has 1 N–H and O–H groups in total. The summed E-state index contributed by atoms with van der Waals surface area (Å²) in [6, 6.07) is 12.6. The van der Waals surface area contributed by atoms with Gasteiger partial charge >= 0.3 is 0 Å². The van der Waals surface area contributed by atoms with E-state index in [4.69, 9.17) is 16.3 Å². The number of thiophene rings is 1. The van der Waals surface area contributed by atoms with Crippen molar-refractivity contribution in [3.63, 3.8) is 0 Å². The molecule has 0 saturated carbocycles. The lowest BCUT2D eigenvalue weighted by molar-refractivity contribution is 0.122. The van der Waals surface area contributed by atoms with Crippen LogP contribution in [-0.4, -0.2) is 41.3 Å². The zero-order valence-corrected chi connectivity index (χ0v) is 18.2. The third-order valence-electron chi connectivity index (χ3n) is 5.77. The summed E-state index contributed by atoms with van der Waals surface area (Å²) in [6.45, 7) is 3.27. The van der Waals surface area contributed by atoms with Crippen molar-refractivity contribution in [1.82, 2.24) is 15.0 Å². The Hall–Kier alpha value is -2.93. The summed E-state index contributed by atoms with van der Waals surface area (Å²) in [5, 5.41) is 5.09. The zero-order chi connectivity index (χ0) is 20.8. The number of halogens is 1. The maximum absolute atomic E-state index is 6.69. The number of aromatic nitrogens is 3. The van der Waals surface area contributed by atoms with E-state index in [1.807, 2.05) is 24.7 Å². The smallest absolute Gasteiger partial charge is 0.128 e. The number of aromatic amines is 1. The van der Waals surface area contributed by atoms with Gasteiger partial charge in [-0.2, -0.15) is 0 Å². The van der Waals surface area contributed by atoms with E-state index in [1.165, 1.54) is 5.39 Å². The first-order valence-corrected chi connectivity index (χ1v) is 11.4. The Morgan fingerprint density at radius 2 is 1.90 bits per heavy atom. The number of benzene rings is 1. The standard InChI is InChI=1S/C24H19ClN4OS/c25-20-11-22-16(9-18(20)19-13-26-14-23-17(19)3-8-31-23)10-21(28-22)15-1-2-24(27-12-15)29-4-6-30-7-5-29/h1-3,8-14,28H,4-7H2. The number of H-pyrrole nitrogens is 1. The van der Waals surface area contributed by atoms with Gasteiger partial charge in [-0.1, -0.05) is 11.6 Å². The predicted octanol–water partition coefficient (Wildman–Crippen LogP) is 6.00. The van der Waals surface area contributed by atoms with Crippen LogP contribution < -0.4 is 4.90 Å². The molecule has 0 radical (unpaired) electrons. The van der Waals surface area contributed by atoms with Gasteiger partial charge in [-0.15, -0.1) is 11.3 Å². The Balaban J connectivity index is 1.37. The normalized spacial score (nSPS) is 14.5. The minimum Gasteiger partial charge on any atom is -0.378 e. The second-order valence-electron chi connectivity index (χ2n) is 7.63. The van der Waals surface area contributed by atoms with Crippen molar-refractivity contribution in [3.05, 3.63) is 65.4 Å². The molecule has 1 aliphatic heterocycles. The maximum Gasteiger partial charge on any atom is 0.128 e. The molecule has 0 unspecified atom stereocenters. The molecule has 0 spiro atoms. The number of pyridine rings is 2. The fourth-order valence-electron chi connectivity index (χ4n) is 4.15. The van der Waals surface area contributed by atoms with Crippen molar-refractivity contribution in [2.75, 3.05) is 31.2 Å². The van der Waals surface area contributed by atoms with Crippen molar-refractivity contribution in [2.45, 2.75) is 0 Å². The highest BCUT2D eigenvalue weighted by molar-refractivity contribution is 7.17. The van der Waals surface area contributed by atoms with Crippen LogP contribution in [0.2, 0.25) is 5.02 Å². The summed E-state index contributed by atoms with van der Waals surface area (Å²) in [4.78, 5) is 14.8. The largest absolute Gasteiger partial charge is 0.378 e. The van der Waals surface area contributed by atoms with E-state index < -0.39 is 0 Å². The van der Waals surface area contributed by atoms with Crippen LogP contribution in [0.15, 0.2) is 60.4 Å². The number of fused-ring (bicyclic) bond motifs is 2. The summed E-state index contributed by atoms with van der Waals surface area (Å²) < 4.78 is 6.59. The van der Waals surface area contributed by atoms with E-state index >= 15 is 0 Å². The molecule has 154 valence electrons. The van der Waals surface area contributed by atoms with Crippen molar-refractivity contribution in [2.24, 2.45) is 0 Å². The van der Waals surface area contributed by atoms with Crippen LogP contribution in [-0.2, 0) is 4.74 Å². The molecule has 6 rings (SSSR count). The highest BCUT2D eigenvalue weighted by Crippen LogP contribution is 2.38. The van der Waals surface area contributed by atoms with Crippen LogP contribution >= 0.6 is 22.9 Å². The van der Waals surface area contributed by atoms with Crippen LogP contribution in [0.25, 0.3) is 43.4 Å². The Bertz CT molecular complexity index is 1390. The molecule has 1 aromatic carbocycles.